The van der Waals surface area contributed by atoms with E-state index in [0.29, 0.717) is 18.2 Å². The van der Waals surface area contributed by atoms with Crippen molar-refractivity contribution >= 4 is 17.3 Å². The van der Waals surface area contributed by atoms with Gasteiger partial charge in [0.1, 0.15) is 11.6 Å². The first-order valence-electron chi connectivity index (χ1n) is 6.27. The number of nitrogens with one attached hydrogen (secondary N) is 1. The molecule has 23 heavy (non-hydrogen) atoms. The van der Waals surface area contributed by atoms with Crippen LogP contribution in [0.15, 0.2) is 30.3 Å². The predicted octanol–water partition coefficient (Wildman–Crippen LogP) is 4.73. The summed E-state index contributed by atoms with van der Waals surface area (Å²) in [5, 5.41) is 11.5. The van der Waals surface area contributed by atoms with Gasteiger partial charge in [0, 0.05) is 17.3 Å². The van der Waals surface area contributed by atoms with Crippen molar-refractivity contribution in [3.8, 4) is 0 Å². The van der Waals surface area contributed by atoms with Crippen molar-refractivity contribution in [2.45, 2.75) is 13.1 Å². The van der Waals surface area contributed by atoms with E-state index in [9.17, 15) is 26.7 Å². The molecule has 0 aromatic heterocycles. The summed E-state index contributed by atoms with van der Waals surface area (Å²) in [6.45, 7) is 1.32. The lowest BCUT2D eigenvalue weighted by Gasteiger charge is -2.15. The molecule has 122 valence electrons. The van der Waals surface area contributed by atoms with E-state index in [0.717, 1.165) is 12.1 Å². The highest BCUT2D eigenvalue weighted by Gasteiger charge is 2.31. The molecule has 0 heterocycles. The molecule has 0 aliphatic carbocycles. The van der Waals surface area contributed by atoms with Crippen LogP contribution in [-0.4, -0.2) is 11.1 Å². The van der Waals surface area contributed by atoms with Gasteiger partial charge < -0.3 is 10.4 Å². The van der Waals surface area contributed by atoms with Crippen molar-refractivity contribution in [2.75, 3.05) is 5.32 Å². The summed E-state index contributed by atoms with van der Waals surface area (Å²) in [5.74, 6) is -3.37. The average molecular weight is 331 g/mol. The Kier molecular flexibility index (Phi) is 4.26. The van der Waals surface area contributed by atoms with Crippen molar-refractivity contribution in [3.05, 3.63) is 58.7 Å². The number of hydrogen-bond acceptors (Lipinski definition) is 2. The Bertz CT molecular complexity index is 771. The van der Waals surface area contributed by atoms with Crippen LogP contribution in [0.4, 0.5) is 33.3 Å². The van der Waals surface area contributed by atoms with Gasteiger partial charge in [0.2, 0.25) is 0 Å². The Hall–Kier alpha value is -2.64. The number of halogens is 5. The first-order valence-corrected chi connectivity index (χ1v) is 6.27. The molecule has 8 heteroatoms. The van der Waals surface area contributed by atoms with Crippen molar-refractivity contribution in [3.63, 3.8) is 0 Å². The van der Waals surface area contributed by atoms with E-state index in [1.807, 2.05) is 0 Å². The van der Waals surface area contributed by atoms with Crippen molar-refractivity contribution in [1.82, 2.24) is 0 Å². The van der Waals surface area contributed by atoms with Crippen LogP contribution in [0.1, 0.15) is 21.5 Å². The number of carboxylic acid groups (broad SMARTS) is 1. The second-order valence-electron chi connectivity index (χ2n) is 4.75. The third-order valence-electron chi connectivity index (χ3n) is 3.16. The molecule has 3 nitrogen and oxygen atoms in total. The van der Waals surface area contributed by atoms with Gasteiger partial charge in [-0.3, -0.25) is 0 Å². The molecule has 0 saturated carbocycles. The minimum atomic E-state index is -4.70. The maximum atomic E-state index is 13.5. The van der Waals surface area contributed by atoms with Gasteiger partial charge in [0.05, 0.1) is 16.8 Å². The van der Waals surface area contributed by atoms with Gasteiger partial charge in [0.15, 0.2) is 0 Å². The lowest BCUT2D eigenvalue weighted by molar-refractivity contribution is -0.137. The molecule has 0 aliphatic heterocycles. The zero-order valence-corrected chi connectivity index (χ0v) is 11.6. The minimum absolute atomic E-state index is 0.00244. The average Bonchev–Trinajstić information content (AvgIpc) is 2.43. The summed E-state index contributed by atoms with van der Waals surface area (Å²) < 4.78 is 64.7. The fourth-order valence-corrected chi connectivity index (χ4v) is 1.93. The summed E-state index contributed by atoms with van der Waals surface area (Å²) in [6, 6.07) is 3.59. The van der Waals surface area contributed by atoms with E-state index in [1.165, 1.54) is 6.92 Å². The summed E-state index contributed by atoms with van der Waals surface area (Å²) in [4.78, 5) is 11.2. The van der Waals surface area contributed by atoms with Crippen LogP contribution in [0.2, 0.25) is 0 Å². The molecule has 0 amide bonds. The predicted molar refractivity (Wildman–Crippen MR) is 72.8 cm³/mol. The van der Waals surface area contributed by atoms with E-state index >= 15 is 0 Å². The minimum Gasteiger partial charge on any atom is -0.478 e. The van der Waals surface area contributed by atoms with Gasteiger partial charge in [-0.05, 0) is 31.2 Å². The monoisotopic (exact) mass is 331 g/mol. The number of alkyl halides is 3. The van der Waals surface area contributed by atoms with Crippen LogP contribution in [-0.2, 0) is 6.18 Å². The Labute approximate surface area is 127 Å². The molecular weight excluding hydrogens is 321 g/mol. The molecule has 0 atom stereocenters. The maximum Gasteiger partial charge on any atom is 0.416 e. The van der Waals surface area contributed by atoms with Gasteiger partial charge in [-0.15, -0.1) is 0 Å². The first kappa shape index (κ1) is 16.7. The zero-order valence-electron chi connectivity index (χ0n) is 11.6. The number of carboxylic acids is 1. The molecule has 0 spiro atoms. The van der Waals surface area contributed by atoms with Gasteiger partial charge in [-0.2, -0.15) is 13.2 Å². The Morgan fingerprint density at radius 1 is 1.09 bits per heavy atom. The fraction of sp³-hybridized carbons (Fsp3) is 0.133. The molecule has 0 bridgehead atoms. The summed E-state index contributed by atoms with van der Waals surface area (Å²) in [5.41, 5.74) is -2.09. The Balaban J connectivity index is 2.50. The van der Waals surface area contributed by atoms with Crippen molar-refractivity contribution < 1.29 is 31.9 Å². The summed E-state index contributed by atoms with van der Waals surface area (Å²) >= 11 is 0. The SMILES string of the molecule is Cc1c(F)cc(F)cc1Nc1ccc(C(F)(F)F)cc1C(=O)O. The quantitative estimate of drug-likeness (QED) is 0.799. The number of anilines is 2. The zero-order chi connectivity index (χ0) is 17.4. The number of hydrogen-bond donors (Lipinski definition) is 2. The highest BCUT2D eigenvalue weighted by Crippen LogP contribution is 2.33. The van der Waals surface area contributed by atoms with E-state index in [4.69, 9.17) is 5.11 Å². The molecule has 0 radical (unpaired) electrons. The van der Waals surface area contributed by atoms with Crippen molar-refractivity contribution in [2.24, 2.45) is 0 Å². The lowest BCUT2D eigenvalue weighted by Crippen LogP contribution is -2.10. The smallest absolute Gasteiger partial charge is 0.416 e. The van der Waals surface area contributed by atoms with Crippen molar-refractivity contribution in [1.29, 1.82) is 0 Å². The van der Waals surface area contributed by atoms with E-state index in [2.05, 4.69) is 5.32 Å². The van der Waals surface area contributed by atoms with Crippen LogP contribution in [0, 0.1) is 18.6 Å². The molecular formula is C15H10F5NO2. The topological polar surface area (TPSA) is 49.3 Å². The third-order valence-corrected chi connectivity index (χ3v) is 3.16. The van der Waals surface area contributed by atoms with Gasteiger partial charge >= 0.3 is 12.1 Å². The van der Waals surface area contributed by atoms with Crippen LogP contribution in [0.25, 0.3) is 0 Å². The fourth-order valence-electron chi connectivity index (χ4n) is 1.93. The molecule has 0 unspecified atom stereocenters. The van der Waals surface area contributed by atoms with E-state index < -0.39 is 34.9 Å². The van der Waals surface area contributed by atoms with Crippen LogP contribution in [0.5, 0.6) is 0 Å². The van der Waals surface area contributed by atoms with E-state index in [-0.39, 0.29) is 16.9 Å². The molecule has 2 aromatic rings. The summed E-state index contributed by atoms with van der Waals surface area (Å²) in [7, 11) is 0. The lowest BCUT2D eigenvalue weighted by atomic mass is 10.1. The second kappa shape index (κ2) is 5.86. The Morgan fingerprint density at radius 3 is 2.30 bits per heavy atom. The second-order valence-corrected chi connectivity index (χ2v) is 4.75. The van der Waals surface area contributed by atoms with Crippen LogP contribution in [0.3, 0.4) is 0 Å². The molecule has 0 aliphatic rings. The van der Waals surface area contributed by atoms with Crippen LogP contribution < -0.4 is 5.32 Å². The highest BCUT2D eigenvalue weighted by molar-refractivity contribution is 5.95. The number of rotatable bonds is 3. The Morgan fingerprint density at radius 2 is 1.74 bits per heavy atom. The third kappa shape index (κ3) is 3.58. The van der Waals surface area contributed by atoms with Gasteiger partial charge in [0.25, 0.3) is 0 Å². The molecule has 0 saturated heterocycles. The number of benzene rings is 2. The molecule has 2 rings (SSSR count). The summed E-state index contributed by atoms with van der Waals surface area (Å²) in [6.07, 6.45) is -4.70. The van der Waals surface area contributed by atoms with Gasteiger partial charge in [-0.25, -0.2) is 13.6 Å². The maximum absolute atomic E-state index is 13.5. The standard InChI is InChI=1S/C15H10F5NO2/c1-7-11(17)5-9(16)6-13(7)21-12-3-2-8(15(18,19)20)4-10(12)14(22)23/h2-6,21H,1H3,(H,22,23). The molecule has 2 aromatic carbocycles. The largest absolute Gasteiger partial charge is 0.478 e. The first-order chi connectivity index (χ1) is 10.6. The highest BCUT2D eigenvalue weighted by atomic mass is 19.4. The van der Waals surface area contributed by atoms with Crippen LogP contribution >= 0.6 is 0 Å². The number of aromatic carboxylic acids is 1. The number of carbonyl (C=O) groups is 1. The normalized spacial score (nSPS) is 11.4. The van der Waals surface area contributed by atoms with E-state index in [1.54, 1.807) is 0 Å². The van der Waals surface area contributed by atoms with Gasteiger partial charge in [-0.1, -0.05) is 0 Å². The molecule has 2 N–H and O–H groups in total. The molecule has 0 fully saturated rings.